The van der Waals surface area contributed by atoms with E-state index in [0.29, 0.717) is 11.4 Å². The van der Waals surface area contributed by atoms with E-state index in [0.717, 1.165) is 0 Å². The van der Waals surface area contributed by atoms with Crippen LogP contribution in [0.2, 0.25) is 0 Å². The summed E-state index contributed by atoms with van der Waals surface area (Å²) in [4.78, 5) is 0. The second-order valence-corrected chi connectivity index (χ2v) is 2.16. The summed E-state index contributed by atoms with van der Waals surface area (Å²) < 4.78 is 0. The van der Waals surface area contributed by atoms with Crippen LogP contribution >= 0.6 is 0 Å². The first-order valence-corrected chi connectivity index (χ1v) is 3.04. The highest BCUT2D eigenvalue weighted by Crippen LogP contribution is 2.11. The van der Waals surface area contributed by atoms with Crippen molar-refractivity contribution in [3.63, 3.8) is 0 Å². The van der Waals surface area contributed by atoms with Crippen LogP contribution in [-0.2, 0) is 0 Å². The van der Waals surface area contributed by atoms with Gasteiger partial charge in [-0.1, -0.05) is 0 Å². The lowest BCUT2D eigenvalue weighted by atomic mass is 10.2. The first-order chi connectivity index (χ1) is 4.72. The van der Waals surface area contributed by atoms with Gasteiger partial charge in [0.2, 0.25) is 0 Å². The van der Waals surface area contributed by atoms with Gasteiger partial charge in [0, 0.05) is 6.04 Å². The van der Waals surface area contributed by atoms with Crippen LogP contribution in [0.5, 0.6) is 0 Å². The van der Waals surface area contributed by atoms with Gasteiger partial charge in [-0.2, -0.15) is 10.2 Å². The summed E-state index contributed by atoms with van der Waals surface area (Å²) in [6.45, 7) is 1.82. The van der Waals surface area contributed by atoms with Gasteiger partial charge in [-0.05, 0) is 13.0 Å². The molecule has 1 atom stereocenters. The van der Waals surface area contributed by atoms with Crippen LogP contribution in [-0.4, -0.2) is 10.2 Å². The molecule has 4 N–H and O–H groups in total. The predicted molar refractivity (Wildman–Crippen MR) is 39.0 cm³/mol. The minimum atomic E-state index is -0.145. The summed E-state index contributed by atoms with van der Waals surface area (Å²) in [6, 6.07) is 1.54. The molecule has 1 unspecified atom stereocenters. The van der Waals surface area contributed by atoms with Gasteiger partial charge in [-0.25, -0.2) is 0 Å². The van der Waals surface area contributed by atoms with E-state index in [1.807, 2.05) is 6.92 Å². The molecule has 1 heterocycles. The molecule has 0 spiro atoms. The monoisotopic (exact) mass is 138 g/mol. The average molecular weight is 138 g/mol. The Balaban J connectivity index is 3.03. The number of hydrogen-bond donors (Lipinski definition) is 2. The zero-order valence-corrected chi connectivity index (χ0v) is 5.78. The second-order valence-electron chi connectivity index (χ2n) is 2.16. The third-order valence-corrected chi connectivity index (χ3v) is 1.21. The van der Waals surface area contributed by atoms with Crippen LogP contribution in [0.15, 0.2) is 12.3 Å². The molecule has 4 nitrogen and oxygen atoms in total. The highest BCUT2D eigenvalue weighted by molar-refractivity contribution is 5.41. The summed E-state index contributed by atoms with van der Waals surface area (Å²) in [5, 5.41) is 7.43. The summed E-state index contributed by atoms with van der Waals surface area (Å²) >= 11 is 0. The second kappa shape index (κ2) is 2.62. The lowest BCUT2D eigenvalue weighted by molar-refractivity contribution is 0.756. The largest absolute Gasteiger partial charge is 0.397 e. The molecule has 0 saturated heterocycles. The number of anilines is 1. The van der Waals surface area contributed by atoms with E-state index in [4.69, 9.17) is 11.5 Å². The maximum absolute atomic E-state index is 5.54. The number of hydrogen-bond acceptors (Lipinski definition) is 4. The Bertz CT molecular complexity index is 221. The minimum absolute atomic E-state index is 0.145. The summed E-state index contributed by atoms with van der Waals surface area (Å²) in [5.41, 5.74) is 12.3. The fourth-order valence-electron chi connectivity index (χ4n) is 0.706. The van der Waals surface area contributed by atoms with Gasteiger partial charge in [-0.3, -0.25) is 0 Å². The molecule has 0 bridgehead atoms. The van der Waals surface area contributed by atoms with Crippen molar-refractivity contribution in [2.24, 2.45) is 5.73 Å². The molecule has 10 heavy (non-hydrogen) atoms. The third-order valence-electron chi connectivity index (χ3n) is 1.21. The van der Waals surface area contributed by atoms with E-state index in [1.165, 1.54) is 0 Å². The Hall–Kier alpha value is -1.16. The fraction of sp³-hybridized carbons (Fsp3) is 0.333. The van der Waals surface area contributed by atoms with Gasteiger partial charge in [0.05, 0.1) is 11.9 Å². The van der Waals surface area contributed by atoms with Gasteiger partial charge >= 0.3 is 0 Å². The van der Waals surface area contributed by atoms with Crippen molar-refractivity contribution in [2.45, 2.75) is 13.0 Å². The van der Waals surface area contributed by atoms with Crippen molar-refractivity contribution in [1.82, 2.24) is 10.2 Å². The first-order valence-electron chi connectivity index (χ1n) is 3.04. The van der Waals surface area contributed by atoms with Crippen molar-refractivity contribution in [2.75, 3.05) is 5.73 Å². The number of rotatable bonds is 1. The zero-order chi connectivity index (χ0) is 7.56. The highest BCUT2D eigenvalue weighted by atomic mass is 15.1. The summed E-state index contributed by atoms with van der Waals surface area (Å²) in [7, 11) is 0. The average Bonchev–Trinajstić information content (AvgIpc) is 1.88. The Morgan fingerprint density at radius 2 is 2.30 bits per heavy atom. The van der Waals surface area contributed by atoms with Crippen LogP contribution in [0, 0.1) is 0 Å². The SMILES string of the molecule is CC(N)c1nnccc1N. The van der Waals surface area contributed by atoms with Crippen LogP contribution < -0.4 is 11.5 Å². The smallest absolute Gasteiger partial charge is 0.102 e. The van der Waals surface area contributed by atoms with Crippen molar-refractivity contribution < 1.29 is 0 Å². The maximum Gasteiger partial charge on any atom is 0.102 e. The van der Waals surface area contributed by atoms with Gasteiger partial charge in [-0.15, -0.1) is 0 Å². The molecule has 1 rings (SSSR count). The topological polar surface area (TPSA) is 77.8 Å². The summed E-state index contributed by atoms with van der Waals surface area (Å²) in [6.07, 6.45) is 1.54. The van der Waals surface area contributed by atoms with E-state index >= 15 is 0 Å². The Kier molecular flexibility index (Phi) is 1.82. The Labute approximate surface area is 59.2 Å². The molecule has 0 radical (unpaired) electrons. The highest BCUT2D eigenvalue weighted by Gasteiger charge is 2.03. The molecular formula is C6H10N4. The van der Waals surface area contributed by atoms with Crippen LogP contribution in [0.4, 0.5) is 5.69 Å². The maximum atomic E-state index is 5.54. The molecule has 0 aliphatic rings. The molecule has 0 fully saturated rings. The number of aromatic nitrogens is 2. The number of nitrogens with two attached hydrogens (primary N) is 2. The van der Waals surface area contributed by atoms with Crippen LogP contribution in [0.3, 0.4) is 0 Å². The normalized spacial score (nSPS) is 13.0. The lowest BCUT2D eigenvalue weighted by Crippen LogP contribution is -2.10. The predicted octanol–water partition coefficient (Wildman–Crippen LogP) is 0.0785. The van der Waals surface area contributed by atoms with E-state index in [-0.39, 0.29) is 6.04 Å². The molecule has 0 saturated carbocycles. The van der Waals surface area contributed by atoms with Crippen molar-refractivity contribution in [1.29, 1.82) is 0 Å². The fourth-order valence-corrected chi connectivity index (χ4v) is 0.706. The van der Waals surface area contributed by atoms with Crippen molar-refractivity contribution in [3.05, 3.63) is 18.0 Å². The van der Waals surface area contributed by atoms with Gasteiger partial charge in [0.1, 0.15) is 5.69 Å². The van der Waals surface area contributed by atoms with Gasteiger partial charge < -0.3 is 11.5 Å². The van der Waals surface area contributed by atoms with Crippen LogP contribution in [0.1, 0.15) is 18.7 Å². The molecule has 0 aliphatic heterocycles. The number of nitrogen functional groups attached to an aromatic ring is 1. The molecule has 4 heteroatoms. The van der Waals surface area contributed by atoms with E-state index in [2.05, 4.69) is 10.2 Å². The molecular weight excluding hydrogens is 128 g/mol. The standard InChI is InChI=1S/C6H10N4/c1-4(7)6-5(8)2-3-9-10-6/h2-4H,7H2,1H3,(H2,8,9). The van der Waals surface area contributed by atoms with Crippen molar-refractivity contribution >= 4 is 5.69 Å². The van der Waals surface area contributed by atoms with E-state index < -0.39 is 0 Å². The van der Waals surface area contributed by atoms with E-state index in [1.54, 1.807) is 12.3 Å². The first kappa shape index (κ1) is 6.95. The molecule has 1 aromatic rings. The minimum Gasteiger partial charge on any atom is -0.397 e. The van der Waals surface area contributed by atoms with Gasteiger partial charge in [0.25, 0.3) is 0 Å². The Morgan fingerprint density at radius 3 is 2.70 bits per heavy atom. The van der Waals surface area contributed by atoms with Crippen LogP contribution in [0.25, 0.3) is 0 Å². The molecule has 1 aromatic heterocycles. The third kappa shape index (κ3) is 1.22. The zero-order valence-electron chi connectivity index (χ0n) is 5.78. The number of nitrogens with zero attached hydrogens (tertiary/aromatic N) is 2. The van der Waals surface area contributed by atoms with Crippen molar-refractivity contribution in [3.8, 4) is 0 Å². The van der Waals surface area contributed by atoms with Gasteiger partial charge in [0.15, 0.2) is 0 Å². The lowest BCUT2D eigenvalue weighted by Gasteiger charge is -2.04. The molecule has 0 aliphatic carbocycles. The van der Waals surface area contributed by atoms with E-state index in [9.17, 15) is 0 Å². The quantitative estimate of drug-likeness (QED) is 0.576. The Morgan fingerprint density at radius 1 is 1.60 bits per heavy atom. The summed E-state index contributed by atoms with van der Waals surface area (Å²) in [5.74, 6) is 0. The molecule has 54 valence electrons. The molecule has 0 amide bonds. The molecule has 0 aromatic carbocycles.